The number of fused-ring (bicyclic) bond motifs is 1. The molecule has 0 bridgehead atoms. The molecule has 3 rings (SSSR count). The van der Waals surface area contributed by atoms with Crippen molar-refractivity contribution in [1.29, 1.82) is 0 Å². The lowest BCUT2D eigenvalue weighted by molar-refractivity contribution is 0.166. The van der Waals surface area contributed by atoms with Crippen LogP contribution in [0.1, 0.15) is 43.4 Å². The molecule has 0 radical (unpaired) electrons. The number of rotatable bonds is 3. The smallest absolute Gasteiger partial charge is 0.264 e. The lowest BCUT2D eigenvalue weighted by Gasteiger charge is -2.33. The first-order chi connectivity index (χ1) is 10.9. The summed E-state index contributed by atoms with van der Waals surface area (Å²) >= 11 is 0. The van der Waals surface area contributed by atoms with Gasteiger partial charge < -0.3 is 5.11 Å². The fourth-order valence-electron chi connectivity index (χ4n) is 2.91. The van der Waals surface area contributed by atoms with Crippen LogP contribution in [0.5, 0.6) is 0 Å². The van der Waals surface area contributed by atoms with E-state index in [1.807, 2.05) is 18.2 Å². The van der Waals surface area contributed by atoms with Crippen molar-refractivity contribution in [3.8, 4) is 0 Å². The van der Waals surface area contributed by atoms with E-state index in [0.29, 0.717) is 23.6 Å². The van der Waals surface area contributed by atoms with Gasteiger partial charge in [-0.05, 0) is 36.1 Å². The van der Waals surface area contributed by atoms with Crippen LogP contribution in [0.4, 0.5) is 5.69 Å². The predicted molar refractivity (Wildman–Crippen MR) is 91.1 cm³/mol. The summed E-state index contributed by atoms with van der Waals surface area (Å²) in [6.45, 7) is 4.43. The highest BCUT2D eigenvalue weighted by Gasteiger charge is 2.32. The SMILES string of the molecule is CC(C)c1ccc(S(=O)(=O)N2CCC(O)c3ccccc32)cc1. The maximum Gasteiger partial charge on any atom is 0.264 e. The van der Waals surface area contributed by atoms with E-state index in [4.69, 9.17) is 0 Å². The predicted octanol–water partition coefficient (Wildman–Crippen LogP) is 3.44. The molecule has 1 heterocycles. The van der Waals surface area contributed by atoms with Gasteiger partial charge in [-0.1, -0.05) is 44.2 Å². The van der Waals surface area contributed by atoms with Gasteiger partial charge in [0, 0.05) is 12.1 Å². The first kappa shape index (κ1) is 16.0. The summed E-state index contributed by atoms with van der Waals surface area (Å²) in [7, 11) is -3.62. The Morgan fingerprint density at radius 2 is 1.74 bits per heavy atom. The van der Waals surface area contributed by atoms with Gasteiger partial charge in [-0.3, -0.25) is 4.31 Å². The van der Waals surface area contributed by atoms with Crippen molar-refractivity contribution in [3.63, 3.8) is 0 Å². The number of hydrogen-bond donors (Lipinski definition) is 1. The van der Waals surface area contributed by atoms with Crippen molar-refractivity contribution in [1.82, 2.24) is 0 Å². The lowest BCUT2D eigenvalue weighted by atomic mass is 10.0. The average molecular weight is 331 g/mol. The Hall–Kier alpha value is -1.85. The molecule has 0 saturated carbocycles. The average Bonchev–Trinajstić information content (AvgIpc) is 2.55. The number of benzene rings is 2. The Morgan fingerprint density at radius 1 is 1.09 bits per heavy atom. The second kappa shape index (κ2) is 5.98. The van der Waals surface area contributed by atoms with Gasteiger partial charge in [0.05, 0.1) is 16.7 Å². The van der Waals surface area contributed by atoms with Crippen LogP contribution in [0.2, 0.25) is 0 Å². The van der Waals surface area contributed by atoms with Crippen LogP contribution in [0.15, 0.2) is 53.4 Å². The van der Waals surface area contributed by atoms with Crippen LogP contribution in [0.3, 0.4) is 0 Å². The number of sulfonamides is 1. The molecule has 4 nitrogen and oxygen atoms in total. The summed E-state index contributed by atoms with van der Waals surface area (Å²) in [6.07, 6.45) is -0.207. The topological polar surface area (TPSA) is 57.6 Å². The zero-order valence-electron chi connectivity index (χ0n) is 13.3. The minimum atomic E-state index is -3.62. The molecule has 23 heavy (non-hydrogen) atoms. The molecule has 1 aliphatic heterocycles. The van der Waals surface area contributed by atoms with Gasteiger partial charge in [0.2, 0.25) is 0 Å². The molecule has 0 aliphatic carbocycles. The van der Waals surface area contributed by atoms with Crippen LogP contribution in [-0.2, 0) is 10.0 Å². The maximum absolute atomic E-state index is 13.0. The lowest BCUT2D eigenvalue weighted by Crippen LogP contribution is -2.36. The van der Waals surface area contributed by atoms with Gasteiger partial charge in [-0.2, -0.15) is 0 Å². The van der Waals surface area contributed by atoms with E-state index in [9.17, 15) is 13.5 Å². The summed E-state index contributed by atoms with van der Waals surface area (Å²) < 4.78 is 27.4. The molecule has 0 fully saturated rings. The van der Waals surface area contributed by atoms with Gasteiger partial charge in [-0.25, -0.2) is 8.42 Å². The molecule has 1 N–H and O–H groups in total. The highest BCUT2D eigenvalue weighted by Crippen LogP contribution is 2.36. The standard InChI is InChI=1S/C18H21NO3S/c1-13(2)14-7-9-15(10-8-14)23(21,22)19-12-11-18(20)16-5-3-4-6-17(16)19/h3-10,13,18,20H,11-12H2,1-2H3. The molecular formula is C18H21NO3S. The highest BCUT2D eigenvalue weighted by molar-refractivity contribution is 7.92. The molecule has 2 aromatic carbocycles. The van der Waals surface area contributed by atoms with Crippen molar-refractivity contribution in [3.05, 3.63) is 59.7 Å². The number of para-hydroxylation sites is 1. The second-order valence-electron chi connectivity index (χ2n) is 6.16. The normalized spacial score (nSPS) is 18.1. The number of aliphatic hydroxyl groups excluding tert-OH is 1. The molecule has 1 unspecified atom stereocenters. The molecule has 5 heteroatoms. The third-order valence-electron chi connectivity index (χ3n) is 4.30. The van der Waals surface area contributed by atoms with E-state index >= 15 is 0 Å². The Kier molecular flexibility index (Phi) is 4.17. The molecule has 0 spiro atoms. The van der Waals surface area contributed by atoms with Crippen LogP contribution in [-0.4, -0.2) is 20.1 Å². The van der Waals surface area contributed by atoms with E-state index in [1.54, 1.807) is 30.3 Å². The molecule has 1 aliphatic rings. The molecule has 2 aromatic rings. The van der Waals surface area contributed by atoms with Crippen LogP contribution in [0.25, 0.3) is 0 Å². The van der Waals surface area contributed by atoms with Crippen molar-refractivity contribution >= 4 is 15.7 Å². The fraction of sp³-hybridized carbons (Fsp3) is 0.333. The second-order valence-corrected chi connectivity index (χ2v) is 8.03. The Labute approximate surface area is 137 Å². The van der Waals surface area contributed by atoms with Gasteiger partial charge >= 0.3 is 0 Å². The molecule has 1 atom stereocenters. The molecule has 0 aromatic heterocycles. The minimum absolute atomic E-state index is 0.284. The summed E-state index contributed by atoms with van der Waals surface area (Å²) in [5, 5.41) is 10.1. The zero-order valence-corrected chi connectivity index (χ0v) is 14.1. The van der Waals surface area contributed by atoms with Gasteiger partial charge in [0.25, 0.3) is 10.0 Å². The molecule has 122 valence electrons. The number of anilines is 1. The van der Waals surface area contributed by atoms with E-state index in [-0.39, 0.29) is 11.4 Å². The number of nitrogens with zero attached hydrogens (tertiary/aromatic N) is 1. The fourth-order valence-corrected chi connectivity index (χ4v) is 4.42. The Morgan fingerprint density at radius 3 is 2.39 bits per heavy atom. The van der Waals surface area contributed by atoms with Crippen molar-refractivity contribution in [2.45, 2.75) is 37.2 Å². The monoisotopic (exact) mass is 331 g/mol. The Balaban J connectivity index is 2.02. The largest absolute Gasteiger partial charge is 0.388 e. The summed E-state index contributed by atoms with van der Waals surface area (Å²) in [5.41, 5.74) is 2.35. The van der Waals surface area contributed by atoms with Crippen molar-refractivity contribution < 1.29 is 13.5 Å². The molecule has 0 saturated heterocycles. The van der Waals surface area contributed by atoms with Crippen molar-refractivity contribution in [2.75, 3.05) is 10.8 Å². The van der Waals surface area contributed by atoms with Crippen molar-refractivity contribution in [2.24, 2.45) is 0 Å². The first-order valence-electron chi connectivity index (χ1n) is 7.81. The van der Waals surface area contributed by atoms with E-state index in [0.717, 1.165) is 5.56 Å². The molecule has 0 amide bonds. The van der Waals surface area contributed by atoms with Gasteiger partial charge in [0.1, 0.15) is 0 Å². The van der Waals surface area contributed by atoms with E-state index in [2.05, 4.69) is 13.8 Å². The van der Waals surface area contributed by atoms with Crippen LogP contribution < -0.4 is 4.31 Å². The van der Waals surface area contributed by atoms with Gasteiger partial charge in [0.15, 0.2) is 0 Å². The summed E-state index contributed by atoms with van der Waals surface area (Å²) in [5.74, 6) is 0.359. The summed E-state index contributed by atoms with van der Waals surface area (Å²) in [6, 6.07) is 14.2. The quantitative estimate of drug-likeness (QED) is 0.937. The molecular weight excluding hydrogens is 310 g/mol. The number of hydrogen-bond acceptors (Lipinski definition) is 3. The Bertz CT molecular complexity index is 797. The van der Waals surface area contributed by atoms with Crippen LogP contribution >= 0.6 is 0 Å². The van der Waals surface area contributed by atoms with Crippen LogP contribution in [0, 0.1) is 0 Å². The minimum Gasteiger partial charge on any atom is -0.388 e. The van der Waals surface area contributed by atoms with E-state index < -0.39 is 16.1 Å². The van der Waals surface area contributed by atoms with Gasteiger partial charge in [-0.15, -0.1) is 0 Å². The maximum atomic E-state index is 13.0. The highest BCUT2D eigenvalue weighted by atomic mass is 32.2. The zero-order chi connectivity index (χ0) is 16.6. The van der Waals surface area contributed by atoms with E-state index in [1.165, 1.54) is 4.31 Å². The third kappa shape index (κ3) is 2.86. The summed E-state index contributed by atoms with van der Waals surface area (Å²) in [4.78, 5) is 0.285. The first-order valence-corrected chi connectivity index (χ1v) is 9.25. The number of aliphatic hydroxyl groups is 1. The third-order valence-corrected chi connectivity index (χ3v) is 6.13.